The van der Waals surface area contributed by atoms with Crippen molar-refractivity contribution in [1.82, 2.24) is 5.32 Å². The molecule has 0 amide bonds. The maximum atomic E-state index is 6.00. The van der Waals surface area contributed by atoms with Crippen molar-refractivity contribution in [3.63, 3.8) is 0 Å². The number of hydrogen-bond donors (Lipinski definition) is 2. The first kappa shape index (κ1) is 21.2. The lowest BCUT2D eigenvalue weighted by atomic mass is 9.78. The zero-order chi connectivity index (χ0) is 20.0. The number of amidine groups is 1. The van der Waals surface area contributed by atoms with Crippen LogP contribution in [0.4, 0.5) is 0 Å². The van der Waals surface area contributed by atoms with Crippen LogP contribution >= 0.6 is 11.8 Å². The van der Waals surface area contributed by atoms with Crippen LogP contribution in [0.3, 0.4) is 0 Å². The van der Waals surface area contributed by atoms with Crippen molar-refractivity contribution >= 4 is 22.6 Å². The first-order valence-corrected chi connectivity index (χ1v) is 10.2. The van der Waals surface area contributed by atoms with Gasteiger partial charge < -0.3 is 15.8 Å². The summed E-state index contributed by atoms with van der Waals surface area (Å²) in [7, 11) is 1.67. The molecule has 2 unspecified atom stereocenters. The fourth-order valence-electron chi connectivity index (χ4n) is 3.50. The topological polar surface area (TPSA) is 59.6 Å². The van der Waals surface area contributed by atoms with Crippen molar-refractivity contribution in [1.29, 1.82) is 0 Å². The lowest BCUT2D eigenvalue weighted by Gasteiger charge is -2.35. The molecule has 1 aromatic rings. The van der Waals surface area contributed by atoms with Crippen molar-refractivity contribution < 1.29 is 4.74 Å². The Morgan fingerprint density at radius 1 is 1.44 bits per heavy atom. The zero-order valence-corrected chi connectivity index (χ0v) is 17.6. The normalized spacial score (nSPS) is 21.6. The van der Waals surface area contributed by atoms with E-state index in [9.17, 15) is 0 Å². The number of hydrogen-bond acceptors (Lipinski definition) is 5. The highest BCUT2D eigenvalue weighted by Gasteiger charge is 2.42. The second-order valence-corrected chi connectivity index (χ2v) is 8.08. The molecule has 0 aliphatic carbocycles. The molecule has 0 aromatic heterocycles. The van der Waals surface area contributed by atoms with Gasteiger partial charge in [-0.1, -0.05) is 56.1 Å². The largest absolute Gasteiger partial charge is 0.497 e. The number of rotatable bonds is 9. The van der Waals surface area contributed by atoms with E-state index >= 15 is 0 Å². The van der Waals surface area contributed by atoms with Gasteiger partial charge in [0, 0.05) is 23.1 Å². The van der Waals surface area contributed by atoms with Crippen molar-refractivity contribution in [2.75, 3.05) is 12.9 Å². The summed E-state index contributed by atoms with van der Waals surface area (Å²) < 4.78 is 5.30. The predicted octanol–water partition coefficient (Wildman–Crippen LogP) is 4.60. The fourth-order valence-corrected chi connectivity index (χ4v) is 4.63. The highest BCUT2D eigenvalue weighted by atomic mass is 32.2. The first-order valence-electron chi connectivity index (χ1n) is 9.22. The minimum atomic E-state index is -0.339. The molecule has 0 saturated carbocycles. The lowest BCUT2D eigenvalue weighted by molar-refractivity contribution is 0.336. The highest BCUT2D eigenvalue weighted by molar-refractivity contribution is 8.14. The Labute approximate surface area is 167 Å². The van der Waals surface area contributed by atoms with Gasteiger partial charge in [-0.15, -0.1) is 0 Å². The molecule has 1 aliphatic rings. The summed E-state index contributed by atoms with van der Waals surface area (Å²) in [6.07, 6.45) is 4.99. The molecule has 0 saturated heterocycles. The molecule has 4 nitrogen and oxygen atoms in total. The Kier molecular flexibility index (Phi) is 7.19. The molecule has 3 atom stereocenters. The van der Waals surface area contributed by atoms with Gasteiger partial charge in [-0.2, -0.15) is 0 Å². The van der Waals surface area contributed by atoms with Crippen LogP contribution in [-0.4, -0.2) is 29.6 Å². The summed E-state index contributed by atoms with van der Waals surface area (Å²) in [6.45, 7) is 14.9. The molecule has 1 aromatic carbocycles. The molecule has 3 N–H and O–H groups in total. The van der Waals surface area contributed by atoms with Crippen LogP contribution in [0.15, 0.2) is 60.1 Å². The Morgan fingerprint density at radius 3 is 2.78 bits per heavy atom. The summed E-state index contributed by atoms with van der Waals surface area (Å²) in [5.74, 6) is 1.95. The third-order valence-corrected chi connectivity index (χ3v) is 6.01. The van der Waals surface area contributed by atoms with Gasteiger partial charge in [-0.3, -0.25) is 4.99 Å². The summed E-state index contributed by atoms with van der Waals surface area (Å²) in [6, 6.07) is 8.15. The van der Waals surface area contributed by atoms with E-state index in [-0.39, 0.29) is 17.5 Å². The molecule has 0 fully saturated rings. The van der Waals surface area contributed by atoms with Gasteiger partial charge in [0.25, 0.3) is 0 Å². The van der Waals surface area contributed by atoms with E-state index in [1.807, 2.05) is 43.3 Å². The third-order valence-electron chi connectivity index (χ3n) is 5.03. The number of nitrogens with zero attached hydrogens (tertiary/aromatic N) is 1. The minimum Gasteiger partial charge on any atom is -0.497 e. The van der Waals surface area contributed by atoms with Crippen molar-refractivity contribution in [3.8, 4) is 5.75 Å². The van der Waals surface area contributed by atoms with Gasteiger partial charge >= 0.3 is 0 Å². The first-order chi connectivity index (χ1) is 12.8. The molecular weight excluding hydrogens is 354 g/mol. The van der Waals surface area contributed by atoms with E-state index in [0.717, 1.165) is 34.8 Å². The Bertz CT molecular complexity index is 756. The molecule has 0 radical (unpaired) electrons. The van der Waals surface area contributed by atoms with Crippen LogP contribution in [0, 0.1) is 5.92 Å². The van der Waals surface area contributed by atoms with Gasteiger partial charge in [-0.05, 0) is 43.9 Å². The quantitative estimate of drug-likeness (QED) is 0.610. The van der Waals surface area contributed by atoms with E-state index in [0.29, 0.717) is 5.17 Å². The summed E-state index contributed by atoms with van der Waals surface area (Å²) in [5.41, 5.74) is 8.60. The van der Waals surface area contributed by atoms with E-state index in [2.05, 4.69) is 32.3 Å². The predicted molar refractivity (Wildman–Crippen MR) is 119 cm³/mol. The van der Waals surface area contributed by atoms with Crippen molar-refractivity contribution in [2.24, 2.45) is 16.6 Å². The smallest absolute Gasteiger partial charge is 0.154 e. The van der Waals surface area contributed by atoms with Crippen LogP contribution in [0.2, 0.25) is 0 Å². The molecule has 2 rings (SSSR count). The summed E-state index contributed by atoms with van der Waals surface area (Å²) >= 11 is 1.61. The van der Waals surface area contributed by atoms with Crippen LogP contribution in [0.25, 0.3) is 5.70 Å². The van der Waals surface area contributed by atoms with Crippen LogP contribution in [0.5, 0.6) is 5.75 Å². The maximum absolute atomic E-state index is 6.00. The maximum Gasteiger partial charge on any atom is 0.154 e. The van der Waals surface area contributed by atoms with Gasteiger partial charge in [0.05, 0.1) is 12.6 Å². The zero-order valence-electron chi connectivity index (χ0n) is 16.8. The van der Waals surface area contributed by atoms with Crippen LogP contribution in [-0.2, 0) is 0 Å². The average Bonchev–Trinajstić information content (AvgIpc) is 3.05. The minimum absolute atomic E-state index is 0.232. The Morgan fingerprint density at radius 2 is 2.19 bits per heavy atom. The molecule has 1 heterocycles. The molecule has 0 bridgehead atoms. The number of thioether (sulfide) groups is 1. The van der Waals surface area contributed by atoms with Gasteiger partial charge in [-0.25, -0.2) is 0 Å². The Balaban J connectivity index is 2.07. The monoisotopic (exact) mass is 385 g/mol. The molecule has 1 aliphatic heterocycles. The van der Waals surface area contributed by atoms with E-state index < -0.39 is 0 Å². The number of ether oxygens (including phenoxy) is 1. The van der Waals surface area contributed by atoms with Crippen molar-refractivity contribution in [2.45, 2.75) is 38.8 Å². The number of nitrogens with two attached hydrogens (primary N) is 1. The van der Waals surface area contributed by atoms with E-state index in [1.165, 1.54) is 0 Å². The highest BCUT2D eigenvalue weighted by Crippen LogP contribution is 2.41. The molecule has 5 heteroatoms. The number of benzene rings is 1. The second-order valence-electron chi connectivity index (χ2n) is 7.08. The number of methoxy groups -OCH3 is 1. The van der Waals surface area contributed by atoms with Gasteiger partial charge in [0.2, 0.25) is 0 Å². The third kappa shape index (κ3) is 4.98. The number of aliphatic imine (C=N–C) groups is 1. The van der Waals surface area contributed by atoms with Gasteiger partial charge in [0.15, 0.2) is 5.17 Å². The number of allylic oxidation sites excluding steroid dienone is 1. The van der Waals surface area contributed by atoms with Crippen LogP contribution in [0.1, 0.15) is 32.8 Å². The van der Waals surface area contributed by atoms with Crippen molar-refractivity contribution in [3.05, 3.63) is 60.7 Å². The van der Waals surface area contributed by atoms with E-state index in [1.54, 1.807) is 18.9 Å². The molecule has 27 heavy (non-hydrogen) atoms. The van der Waals surface area contributed by atoms with Gasteiger partial charge in [0.1, 0.15) is 5.75 Å². The fraction of sp³-hybridized carbons (Fsp3) is 0.409. The average molecular weight is 386 g/mol. The second kappa shape index (κ2) is 9.18. The number of nitrogens with one attached hydrogen (secondary N) is 1. The van der Waals surface area contributed by atoms with Crippen LogP contribution < -0.4 is 15.8 Å². The molecular formula is C22H31N3OS. The summed E-state index contributed by atoms with van der Waals surface area (Å²) in [5, 5.41) is 4.16. The van der Waals surface area contributed by atoms with E-state index in [4.69, 9.17) is 15.5 Å². The standard InChI is InChI=1S/C22H31N3OS/c1-7-9-15(2)22(14-27-21(23)25-22)16(3)12-17(4)24-18(5)19-10-8-11-20(13-19)26-6/h7-11,13,16-17,24H,2,5,12,14H2,1,3-4,6H3,(H2,23,25)/b9-7-/t16-,17?,22?/m1/s1. The summed E-state index contributed by atoms with van der Waals surface area (Å²) in [4.78, 5) is 4.79. The Hall–Kier alpha value is -2.14. The SMILES string of the molecule is C=C(NC(C)C[C@@H](C)C1(C(=C)/C=C\C)CSC(N)=N1)c1cccc(OC)c1. The molecule has 0 spiro atoms. The molecule has 146 valence electrons. The lowest BCUT2D eigenvalue weighted by Crippen LogP contribution is -2.40.